The molecule has 0 bridgehead atoms. The molecule has 2 rings (SSSR count). The Kier molecular flexibility index (Phi) is 3.76. The molecule has 0 saturated carbocycles. The van der Waals surface area contributed by atoms with E-state index in [1.807, 2.05) is 6.92 Å². The summed E-state index contributed by atoms with van der Waals surface area (Å²) in [5, 5.41) is 12.2. The molecular formula is C12H18N4O2. The molecule has 1 saturated heterocycles. The maximum absolute atomic E-state index is 12.3. The molecule has 1 aromatic rings. The predicted molar refractivity (Wildman–Crippen MR) is 67.3 cm³/mol. The van der Waals surface area contributed by atoms with Gasteiger partial charge in [0.2, 0.25) is 0 Å². The summed E-state index contributed by atoms with van der Waals surface area (Å²) in [6, 6.07) is -0.108. The molecule has 2 atom stereocenters. The van der Waals surface area contributed by atoms with Crippen molar-refractivity contribution in [3.63, 3.8) is 0 Å². The number of aromatic nitrogens is 2. The number of nitrogens with one attached hydrogen (secondary N) is 1. The highest BCUT2D eigenvalue weighted by atomic mass is 16.3. The van der Waals surface area contributed by atoms with E-state index < -0.39 is 0 Å². The normalized spacial score (nSPS) is 23.2. The molecule has 18 heavy (non-hydrogen) atoms. The SMILES string of the molecule is CNc1cnc(C(=O)N2CCC(C)C2CO)cn1. The number of anilines is 1. The second-order valence-electron chi connectivity index (χ2n) is 4.55. The van der Waals surface area contributed by atoms with Crippen LogP contribution in [0.1, 0.15) is 23.8 Å². The van der Waals surface area contributed by atoms with Crippen LogP contribution in [0.4, 0.5) is 5.82 Å². The van der Waals surface area contributed by atoms with Crippen LogP contribution < -0.4 is 5.32 Å². The van der Waals surface area contributed by atoms with Crippen molar-refractivity contribution < 1.29 is 9.90 Å². The monoisotopic (exact) mass is 250 g/mol. The van der Waals surface area contributed by atoms with E-state index in [0.717, 1.165) is 6.42 Å². The lowest BCUT2D eigenvalue weighted by Gasteiger charge is -2.24. The maximum atomic E-state index is 12.3. The van der Waals surface area contributed by atoms with E-state index in [2.05, 4.69) is 15.3 Å². The van der Waals surface area contributed by atoms with Crippen LogP contribution in [0.3, 0.4) is 0 Å². The zero-order valence-corrected chi connectivity index (χ0v) is 10.6. The Labute approximate surface area is 106 Å². The Morgan fingerprint density at radius 1 is 1.56 bits per heavy atom. The predicted octanol–water partition coefficient (Wildman–Crippen LogP) is 0.361. The van der Waals surface area contributed by atoms with Crippen molar-refractivity contribution in [3.8, 4) is 0 Å². The lowest BCUT2D eigenvalue weighted by molar-refractivity contribution is 0.0642. The van der Waals surface area contributed by atoms with Crippen molar-refractivity contribution in [1.29, 1.82) is 0 Å². The molecule has 6 nitrogen and oxygen atoms in total. The molecule has 2 N–H and O–H groups in total. The molecule has 6 heteroatoms. The zero-order valence-electron chi connectivity index (χ0n) is 10.6. The smallest absolute Gasteiger partial charge is 0.274 e. The summed E-state index contributed by atoms with van der Waals surface area (Å²) in [5.74, 6) is 0.789. The third-order valence-corrected chi connectivity index (χ3v) is 3.46. The van der Waals surface area contributed by atoms with Gasteiger partial charge in [-0.05, 0) is 12.3 Å². The fourth-order valence-corrected chi connectivity index (χ4v) is 2.25. The highest BCUT2D eigenvalue weighted by Crippen LogP contribution is 2.24. The summed E-state index contributed by atoms with van der Waals surface area (Å²) >= 11 is 0. The van der Waals surface area contributed by atoms with Crippen LogP contribution in [0.25, 0.3) is 0 Å². The van der Waals surface area contributed by atoms with Gasteiger partial charge in [-0.3, -0.25) is 4.79 Å². The molecule has 2 heterocycles. The van der Waals surface area contributed by atoms with Crippen LogP contribution in [0.15, 0.2) is 12.4 Å². The third-order valence-electron chi connectivity index (χ3n) is 3.46. The summed E-state index contributed by atoms with van der Waals surface area (Å²) in [6.07, 6.45) is 3.91. The minimum Gasteiger partial charge on any atom is -0.394 e. The van der Waals surface area contributed by atoms with Crippen molar-refractivity contribution in [3.05, 3.63) is 18.1 Å². The zero-order chi connectivity index (χ0) is 13.1. The summed E-state index contributed by atoms with van der Waals surface area (Å²) in [6.45, 7) is 2.71. The molecule has 2 unspecified atom stereocenters. The van der Waals surface area contributed by atoms with Gasteiger partial charge in [0.15, 0.2) is 0 Å². The number of carbonyl (C=O) groups excluding carboxylic acids is 1. The molecule has 0 aromatic carbocycles. The summed E-state index contributed by atoms with van der Waals surface area (Å²) < 4.78 is 0. The van der Waals surface area contributed by atoms with Crippen LogP contribution in [-0.2, 0) is 0 Å². The number of likely N-dealkylation sites (tertiary alicyclic amines) is 1. The molecule has 0 spiro atoms. The number of carbonyl (C=O) groups is 1. The first-order valence-corrected chi connectivity index (χ1v) is 6.09. The minimum atomic E-state index is -0.159. The number of aliphatic hydroxyl groups excluding tert-OH is 1. The van der Waals surface area contributed by atoms with Gasteiger partial charge in [0, 0.05) is 13.6 Å². The van der Waals surface area contributed by atoms with E-state index in [1.165, 1.54) is 12.4 Å². The molecule has 1 fully saturated rings. The van der Waals surface area contributed by atoms with Crippen molar-refractivity contribution in [2.24, 2.45) is 5.92 Å². The number of rotatable bonds is 3. The van der Waals surface area contributed by atoms with E-state index in [0.29, 0.717) is 24.0 Å². The first kappa shape index (κ1) is 12.8. The first-order chi connectivity index (χ1) is 8.67. The first-order valence-electron chi connectivity index (χ1n) is 6.09. The topological polar surface area (TPSA) is 78.4 Å². The Morgan fingerprint density at radius 2 is 2.33 bits per heavy atom. The van der Waals surface area contributed by atoms with Gasteiger partial charge in [-0.2, -0.15) is 0 Å². The summed E-state index contributed by atoms with van der Waals surface area (Å²) in [4.78, 5) is 22.1. The Hall–Kier alpha value is -1.69. The van der Waals surface area contributed by atoms with E-state index in [9.17, 15) is 9.90 Å². The standard InChI is InChI=1S/C12H18N4O2/c1-8-3-4-16(10(8)7-17)12(18)9-5-15-11(13-2)6-14-9/h5-6,8,10,17H,3-4,7H2,1-2H3,(H,13,15). The van der Waals surface area contributed by atoms with Crippen LogP contribution >= 0.6 is 0 Å². The van der Waals surface area contributed by atoms with Gasteiger partial charge in [0.25, 0.3) is 5.91 Å². The second kappa shape index (κ2) is 5.30. The van der Waals surface area contributed by atoms with Crippen LogP contribution in [0, 0.1) is 5.92 Å². The van der Waals surface area contributed by atoms with Crippen molar-refractivity contribution in [1.82, 2.24) is 14.9 Å². The number of hydrogen-bond donors (Lipinski definition) is 2. The lowest BCUT2D eigenvalue weighted by Crippen LogP contribution is -2.40. The van der Waals surface area contributed by atoms with Crippen LogP contribution in [0.5, 0.6) is 0 Å². The van der Waals surface area contributed by atoms with E-state index >= 15 is 0 Å². The second-order valence-corrected chi connectivity index (χ2v) is 4.55. The van der Waals surface area contributed by atoms with Crippen LogP contribution in [0.2, 0.25) is 0 Å². The average Bonchev–Trinajstić information content (AvgIpc) is 2.79. The molecule has 1 aliphatic rings. The Bertz CT molecular complexity index is 421. The van der Waals surface area contributed by atoms with Gasteiger partial charge in [-0.25, -0.2) is 9.97 Å². The maximum Gasteiger partial charge on any atom is 0.274 e. The number of aliphatic hydroxyl groups is 1. The van der Waals surface area contributed by atoms with Gasteiger partial charge in [-0.15, -0.1) is 0 Å². The number of nitrogens with zero attached hydrogens (tertiary/aromatic N) is 3. The van der Waals surface area contributed by atoms with Gasteiger partial charge < -0.3 is 15.3 Å². The fourth-order valence-electron chi connectivity index (χ4n) is 2.25. The van der Waals surface area contributed by atoms with Crippen LogP contribution in [-0.4, -0.2) is 52.1 Å². The quantitative estimate of drug-likeness (QED) is 0.810. The molecule has 98 valence electrons. The van der Waals surface area contributed by atoms with E-state index in [1.54, 1.807) is 11.9 Å². The van der Waals surface area contributed by atoms with Gasteiger partial charge in [0.05, 0.1) is 25.0 Å². The molecule has 1 aliphatic heterocycles. The number of hydrogen-bond acceptors (Lipinski definition) is 5. The van der Waals surface area contributed by atoms with Crippen molar-refractivity contribution >= 4 is 11.7 Å². The van der Waals surface area contributed by atoms with Gasteiger partial charge in [-0.1, -0.05) is 6.92 Å². The summed E-state index contributed by atoms with van der Waals surface area (Å²) in [5.41, 5.74) is 0.321. The molecule has 1 amide bonds. The minimum absolute atomic E-state index is 0.00503. The third kappa shape index (κ3) is 2.28. The lowest BCUT2D eigenvalue weighted by atomic mass is 10.0. The van der Waals surface area contributed by atoms with Crippen molar-refractivity contribution in [2.75, 3.05) is 25.5 Å². The summed E-state index contributed by atoms with van der Waals surface area (Å²) in [7, 11) is 1.75. The van der Waals surface area contributed by atoms with Crippen molar-refractivity contribution in [2.45, 2.75) is 19.4 Å². The number of amides is 1. The largest absolute Gasteiger partial charge is 0.394 e. The molecule has 0 radical (unpaired) electrons. The van der Waals surface area contributed by atoms with E-state index in [-0.39, 0.29) is 18.6 Å². The molecule has 0 aliphatic carbocycles. The van der Waals surface area contributed by atoms with Gasteiger partial charge in [0.1, 0.15) is 11.5 Å². The van der Waals surface area contributed by atoms with Gasteiger partial charge >= 0.3 is 0 Å². The molecular weight excluding hydrogens is 232 g/mol. The molecule has 1 aromatic heterocycles. The fraction of sp³-hybridized carbons (Fsp3) is 0.583. The highest BCUT2D eigenvalue weighted by Gasteiger charge is 2.34. The Balaban J connectivity index is 2.15. The Morgan fingerprint density at radius 3 is 2.89 bits per heavy atom. The average molecular weight is 250 g/mol. The highest BCUT2D eigenvalue weighted by molar-refractivity contribution is 5.92. The van der Waals surface area contributed by atoms with E-state index in [4.69, 9.17) is 0 Å².